The average Bonchev–Trinajstić information content (AvgIpc) is 2.88. The van der Waals surface area contributed by atoms with Gasteiger partial charge in [-0.2, -0.15) is 4.39 Å². The summed E-state index contributed by atoms with van der Waals surface area (Å²) in [6, 6.07) is 23.8. The summed E-state index contributed by atoms with van der Waals surface area (Å²) in [5, 5.41) is 12.1. The number of nitrogens with zero attached hydrogens (tertiary/aromatic N) is 2. The molecule has 1 aliphatic heterocycles. The number of allylic oxidation sites excluding steroid dienone is 1. The second kappa shape index (κ2) is 12.0. The van der Waals surface area contributed by atoms with E-state index in [2.05, 4.69) is 39.5 Å². The Kier molecular flexibility index (Phi) is 8.57. The minimum Gasteiger partial charge on any atom is -0.450 e. The first-order valence-corrected chi connectivity index (χ1v) is 12.8. The summed E-state index contributed by atoms with van der Waals surface area (Å²) >= 11 is 1.56. The van der Waals surface area contributed by atoms with Crippen LogP contribution in [0.1, 0.15) is 30.0 Å². The van der Waals surface area contributed by atoms with Gasteiger partial charge in [0.2, 0.25) is 0 Å². The molecule has 1 aromatic heterocycles. The van der Waals surface area contributed by atoms with Crippen LogP contribution in [0.4, 0.5) is 10.2 Å². The van der Waals surface area contributed by atoms with E-state index in [1.807, 2.05) is 42.5 Å². The Hall–Kier alpha value is -3.14. The van der Waals surface area contributed by atoms with Gasteiger partial charge in [0.05, 0.1) is 18.1 Å². The molecular formula is C27H29FIN5O. The summed E-state index contributed by atoms with van der Waals surface area (Å²) in [4.78, 5) is 6.58. The number of nitrogens with two attached hydrogens (primary N) is 1. The molecule has 0 radical (unpaired) electrons. The monoisotopic (exact) mass is 585 g/mol. The van der Waals surface area contributed by atoms with Gasteiger partial charge in [-0.1, -0.05) is 60.7 Å². The van der Waals surface area contributed by atoms with Crippen molar-refractivity contribution in [3.8, 4) is 5.75 Å². The molecule has 1 aliphatic rings. The van der Waals surface area contributed by atoms with Crippen LogP contribution in [0, 0.1) is 11.3 Å². The van der Waals surface area contributed by atoms with Crippen LogP contribution in [0.25, 0.3) is 0 Å². The lowest BCUT2D eigenvalue weighted by Gasteiger charge is -2.32. The van der Waals surface area contributed by atoms with Crippen LogP contribution in [-0.2, 0) is 0 Å². The van der Waals surface area contributed by atoms with E-state index >= 15 is 0 Å². The maximum absolute atomic E-state index is 13.0. The zero-order valence-corrected chi connectivity index (χ0v) is 21.4. The molecule has 1 atom stereocenters. The molecule has 1 fully saturated rings. The molecule has 0 amide bonds. The molecule has 35 heavy (non-hydrogen) atoms. The van der Waals surface area contributed by atoms with Crippen molar-refractivity contribution >= 4 is 34.1 Å². The first-order valence-electron chi connectivity index (χ1n) is 11.6. The largest absolute Gasteiger partial charge is 0.450 e. The fourth-order valence-corrected chi connectivity index (χ4v) is 4.59. The summed E-state index contributed by atoms with van der Waals surface area (Å²) in [6.07, 6.45) is 4.97. The highest BCUT2D eigenvalue weighted by atomic mass is 127. The van der Waals surface area contributed by atoms with Crippen molar-refractivity contribution in [1.29, 1.82) is 5.41 Å². The van der Waals surface area contributed by atoms with Crippen LogP contribution in [0.3, 0.4) is 0 Å². The Morgan fingerprint density at radius 3 is 2.17 bits per heavy atom. The zero-order chi connectivity index (χ0) is 24.6. The lowest BCUT2D eigenvalue weighted by molar-refractivity contribution is 0.170. The third-order valence-electron chi connectivity index (χ3n) is 6.09. The molecule has 4 N–H and O–H groups in total. The number of ether oxygens (including phenoxy) is 1. The van der Waals surface area contributed by atoms with Crippen molar-refractivity contribution < 1.29 is 9.13 Å². The number of anilines is 1. The van der Waals surface area contributed by atoms with E-state index in [4.69, 9.17) is 15.9 Å². The van der Waals surface area contributed by atoms with Gasteiger partial charge in [-0.3, -0.25) is 0 Å². The lowest BCUT2D eigenvalue weighted by atomic mass is 9.91. The minimum absolute atomic E-state index is 0.0961. The van der Waals surface area contributed by atoms with Crippen LogP contribution in [0.2, 0.25) is 0 Å². The van der Waals surface area contributed by atoms with Crippen LogP contribution < -0.4 is 20.7 Å². The summed E-state index contributed by atoms with van der Waals surface area (Å²) in [5.41, 5.74) is 9.12. The number of nitrogens with one attached hydrogen (secondary N) is 2. The SMILES string of the molecule is N=C(/C=C(/N)NC(c1ccccc1)c1ccccc1)C1CCN(c2ccc(OC(F)I)cn2)CC1. The van der Waals surface area contributed by atoms with E-state index in [1.165, 1.54) is 0 Å². The molecule has 0 bridgehead atoms. The summed E-state index contributed by atoms with van der Waals surface area (Å²) in [5.74, 6) is 1.85. The quantitative estimate of drug-likeness (QED) is 0.174. The van der Waals surface area contributed by atoms with Gasteiger partial charge < -0.3 is 26.1 Å². The van der Waals surface area contributed by atoms with Crippen LogP contribution in [0.15, 0.2) is 90.9 Å². The van der Waals surface area contributed by atoms with Crippen molar-refractivity contribution in [2.45, 2.75) is 23.2 Å². The Morgan fingerprint density at radius 1 is 1.06 bits per heavy atom. The predicted molar refractivity (Wildman–Crippen MR) is 147 cm³/mol. The predicted octanol–water partition coefficient (Wildman–Crippen LogP) is 5.56. The molecule has 1 saturated heterocycles. The number of alkyl halides is 2. The molecular weight excluding hydrogens is 556 g/mol. The van der Waals surface area contributed by atoms with Crippen molar-refractivity contribution in [3.63, 3.8) is 0 Å². The second-order valence-electron chi connectivity index (χ2n) is 8.45. The second-order valence-corrected chi connectivity index (χ2v) is 9.42. The lowest BCUT2D eigenvalue weighted by Crippen LogP contribution is -2.36. The number of hydrogen-bond donors (Lipinski definition) is 3. The van der Waals surface area contributed by atoms with E-state index in [9.17, 15) is 4.39 Å². The normalized spacial score (nSPS) is 15.6. The van der Waals surface area contributed by atoms with Gasteiger partial charge in [0.15, 0.2) is 0 Å². The van der Waals surface area contributed by atoms with Gasteiger partial charge in [0.25, 0.3) is 4.36 Å². The average molecular weight is 585 g/mol. The van der Waals surface area contributed by atoms with Crippen molar-refractivity contribution in [3.05, 3.63) is 102 Å². The number of pyridine rings is 1. The van der Waals surface area contributed by atoms with Crippen LogP contribution in [0.5, 0.6) is 5.75 Å². The van der Waals surface area contributed by atoms with E-state index in [-0.39, 0.29) is 12.0 Å². The van der Waals surface area contributed by atoms with E-state index in [0.717, 1.165) is 42.9 Å². The Bertz CT molecular complexity index is 1080. The molecule has 4 rings (SSSR count). The molecule has 3 aromatic rings. The Labute approximate surface area is 219 Å². The number of hydrogen-bond acceptors (Lipinski definition) is 6. The highest BCUT2D eigenvalue weighted by Crippen LogP contribution is 2.26. The molecule has 0 aliphatic carbocycles. The Balaban J connectivity index is 1.36. The number of piperidine rings is 1. The fourth-order valence-electron chi connectivity index (χ4n) is 4.30. The highest BCUT2D eigenvalue weighted by molar-refractivity contribution is 14.1. The first kappa shape index (κ1) is 25.0. The summed E-state index contributed by atoms with van der Waals surface area (Å²) in [6.45, 7) is 1.58. The van der Waals surface area contributed by atoms with Gasteiger partial charge in [-0.25, -0.2) is 4.98 Å². The van der Waals surface area contributed by atoms with Crippen molar-refractivity contribution in [2.24, 2.45) is 11.7 Å². The van der Waals surface area contributed by atoms with Gasteiger partial charge >= 0.3 is 0 Å². The molecule has 8 heteroatoms. The maximum Gasteiger partial charge on any atom is 0.288 e. The Morgan fingerprint density at radius 2 is 1.66 bits per heavy atom. The molecule has 6 nitrogen and oxygen atoms in total. The van der Waals surface area contributed by atoms with Gasteiger partial charge in [-0.05, 0) is 42.2 Å². The van der Waals surface area contributed by atoms with Crippen molar-refractivity contribution in [1.82, 2.24) is 10.3 Å². The fraction of sp³-hybridized carbons (Fsp3) is 0.259. The van der Waals surface area contributed by atoms with Crippen LogP contribution >= 0.6 is 22.6 Å². The van der Waals surface area contributed by atoms with Crippen LogP contribution in [-0.4, -0.2) is 28.1 Å². The summed E-state index contributed by atoms with van der Waals surface area (Å²) < 4.78 is 16.6. The van der Waals surface area contributed by atoms with Gasteiger partial charge in [0, 0.05) is 47.3 Å². The molecule has 2 heterocycles. The van der Waals surface area contributed by atoms with E-state index < -0.39 is 4.36 Å². The first-order chi connectivity index (χ1) is 17.0. The highest BCUT2D eigenvalue weighted by Gasteiger charge is 2.23. The summed E-state index contributed by atoms with van der Waals surface area (Å²) in [7, 11) is 0. The van der Waals surface area contributed by atoms with Gasteiger partial charge in [0.1, 0.15) is 11.6 Å². The zero-order valence-electron chi connectivity index (χ0n) is 19.3. The number of benzene rings is 2. The number of aromatic nitrogens is 1. The number of halogens is 2. The number of rotatable bonds is 9. The topological polar surface area (TPSA) is 87.3 Å². The molecule has 182 valence electrons. The minimum atomic E-state index is -1.40. The molecule has 1 unspecified atom stereocenters. The molecule has 0 spiro atoms. The standard InChI is InChI=1S/C27H29FIN5O/c28-27(29)35-22-11-12-25(32-18-22)34-15-13-19(14-16-34)23(30)17-24(31)33-26(20-7-3-1-4-8-20)21-9-5-2-6-10-21/h1-12,17-19,26-27,30,33H,13-16,31H2/b24-17-,30-23?. The van der Waals surface area contributed by atoms with E-state index in [1.54, 1.807) is 40.9 Å². The smallest absolute Gasteiger partial charge is 0.288 e. The van der Waals surface area contributed by atoms with E-state index in [0.29, 0.717) is 17.3 Å². The molecule has 0 saturated carbocycles. The third-order valence-corrected chi connectivity index (χ3v) is 6.35. The third kappa shape index (κ3) is 6.94. The maximum atomic E-state index is 13.0. The molecule has 2 aromatic carbocycles. The van der Waals surface area contributed by atoms with Gasteiger partial charge in [-0.15, -0.1) is 0 Å². The van der Waals surface area contributed by atoms with Crippen molar-refractivity contribution in [2.75, 3.05) is 18.0 Å².